The third-order valence-corrected chi connectivity index (χ3v) is 5.31. The molecule has 23 heavy (non-hydrogen) atoms. The zero-order valence-corrected chi connectivity index (χ0v) is 14.4. The lowest BCUT2D eigenvalue weighted by Gasteiger charge is -2.46. The summed E-state index contributed by atoms with van der Waals surface area (Å²) in [5.74, 6) is 0.216. The van der Waals surface area contributed by atoms with Gasteiger partial charge in [-0.05, 0) is 50.9 Å². The predicted octanol–water partition coefficient (Wildman–Crippen LogP) is 1.60. The van der Waals surface area contributed by atoms with Crippen molar-refractivity contribution in [2.45, 2.75) is 37.8 Å². The number of hydrogen-bond donors (Lipinski definition) is 0. The third kappa shape index (κ3) is 3.72. The molecule has 0 bridgehead atoms. The van der Waals surface area contributed by atoms with E-state index in [4.69, 9.17) is 0 Å². The topological polar surface area (TPSA) is 39.7 Å². The molecule has 3 heterocycles. The maximum absolute atomic E-state index is 12.2. The molecule has 1 aromatic heterocycles. The Morgan fingerprint density at radius 1 is 1.26 bits per heavy atom. The number of nitrogens with zero attached hydrogens (tertiary/aromatic N) is 4. The first-order valence-corrected chi connectivity index (χ1v) is 8.67. The molecule has 2 saturated heterocycles. The molecule has 2 aliphatic rings. The van der Waals surface area contributed by atoms with Gasteiger partial charge in [0.05, 0.1) is 12.2 Å². The molecule has 2 fully saturated rings. The molecule has 5 nitrogen and oxygen atoms in total. The number of pyridine rings is 1. The van der Waals surface area contributed by atoms with Gasteiger partial charge in [0.25, 0.3) is 0 Å². The monoisotopic (exact) mass is 316 g/mol. The zero-order chi connectivity index (χ0) is 16.3. The molecule has 1 atom stereocenters. The van der Waals surface area contributed by atoms with E-state index in [-0.39, 0.29) is 11.4 Å². The minimum absolute atomic E-state index is 0.193. The predicted molar refractivity (Wildman–Crippen MR) is 91.0 cm³/mol. The number of likely N-dealkylation sites (N-methyl/N-ethyl adjacent to an activating group) is 1. The second-order valence-electron chi connectivity index (χ2n) is 7.17. The van der Waals surface area contributed by atoms with Crippen molar-refractivity contribution in [3.05, 3.63) is 30.1 Å². The van der Waals surface area contributed by atoms with Gasteiger partial charge in [-0.15, -0.1) is 0 Å². The van der Waals surface area contributed by atoms with Gasteiger partial charge in [-0.25, -0.2) is 0 Å². The van der Waals surface area contributed by atoms with E-state index < -0.39 is 0 Å². The average Bonchev–Trinajstić information content (AvgIpc) is 2.90. The number of rotatable bonds is 4. The van der Waals surface area contributed by atoms with Crippen LogP contribution in [0.1, 0.15) is 31.4 Å². The highest BCUT2D eigenvalue weighted by Gasteiger charge is 2.44. The zero-order valence-electron chi connectivity index (χ0n) is 14.4. The number of likely N-dealkylation sites (tertiary alicyclic amines) is 2. The number of amides is 1. The van der Waals surface area contributed by atoms with Crippen molar-refractivity contribution < 1.29 is 4.79 Å². The Morgan fingerprint density at radius 2 is 2.04 bits per heavy atom. The van der Waals surface area contributed by atoms with Crippen LogP contribution in [0.2, 0.25) is 0 Å². The van der Waals surface area contributed by atoms with Crippen LogP contribution in [-0.4, -0.2) is 71.4 Å². The molecule has 2 aliphatic heterocycles. The first-order valence-electron chi connectivity index (χ1n) is 8.67. The Morgan fingerprint density at radius 3 is 2.74 bits per heavy atom. The van der Waals surface area contributed by atoms with E-state index in [0.717, 1.165) is 31.9 Å². The summed E-state index contributed by atoms with van der Waals surface area (Å²) in [6.07, 6.45) is 6.71. The van der Waals surface area contributed by atoms with Crippen molar-refractivity contribution >= 4 is 5.91 Å². The number of aromatic nitrogens is 1. The number of piperidine rings is 1. The molecule has 1 aromatic rings. The van der Waals surface area contributed by atoms with E-state index in [1.807, 2.05) is 26.4 Å². The van der Waals surface area contributed by atoms with Crippen LogP contribution < -0.4 is 0 Å². The largest absolute Gasteiger partial charge is 0.348 e. The maximum Gasteiger partial charge on any atom is 0.236 e. The first kappa shape index (κ1) is 16.4. The number of carbonyl (C=O) groups is 1. The summed E-state index contributed by atoms with van der Waals surface area (Å²) in [6.45, 7) is 4.72. The summed E-state index contributed by atoms with van der Waals surface area (Å²) in [5, 5.41) is 0. The highest BCUT2D eigenvalue weighted by Crippen LogP contribution is 2.37. The van der Waals surface area contributed by atoms with Crippen LogP contribution in [0.3, 0.4) is 0 Å². The fourth-order valence-electron chi connectivity index (χ4n) is 4.07. The van der Waals surface area contributed by atoms with Crippen molar-refractivity contribution in [1.29, 1.82) is 0 Å². The van der Waals surface area contributed by atoms with Crippen LogP contribution in [0.4, 0.5) is 0 Å². The van der Waals surface area contributed by atoms with Crippen molar-refractivity contribution in [1.82, 2.24) is 19.7 Å². The van der Waals surface area contributed by atoms with E-state index in [0.29, 0.717) is 6.54 Å². The Labute approximate surface area is 139 Å². The van der Waals surface area contributed by atoms with Crippen LogP contribution in [0, 0.1) is 0 Å². The highest BCUT2D eigenvalue weighted by molar-refractivity contribution is 5.77. The van der Waals surface area contributed by atoms with Gasteiger partial charge in [0.1, 0.15) is 0 Å². The van der Waals surface area contributed by atoms with Crippen LogP contribution in [0.15, 0.2) is 24.4 Å². The minimum Gasteiger partial charge on any atom is -0.348 e. The average molecular weight is 316 g/mol. The summed E-state index contributed by atoms with van der Waals surface area (Å²) in [7, 11) is 3.69. The summed E-state index contributed by atoms with van der Waals surface area (Å²) in [6, 6.07) is 6.12. The Hall–Kier alpha value is -1.46. The smallest absolute Gasteiger partial charge is 0.236 e. The molecular formula is C18H28N4O. The molecule has 3 rings (SSSR count). The van der Waals surface area contributed by atoms with Crippen molar-refractivity contribution in [2.75, 3.05) is 40.3 Å². The summed E-state index contributed by atoms with van der Waals surface area (Å²) in [4.78, 5) is 23.3. The fourth-order valence-corrected chi connectivity index (χ4v) is 4.07. The second-order valence-corrected chi connectivity index (χ2v) is 7.17. The van der Waals surface area contributed by atoms with E-state index >= 15 is 0 Å². The van der Waals surface area contributed by atoms with Gasteiger partial charge < -0.3 is 4.90 Å². The SMILES string of the molecule is CN(C)C(=O)CN1CCCC12CCCN(Cc1ccccn1)C2. The van der Waals surface area contributed by atoms with Gasteiger partial charge in [-0.3, -0.25) is 19.6 Å². The van der Waals surface area contributed by atoms with Crippen LogP contribution in [0.25, 0.3) is 0 Å². The van der Waals surface area contributed by atoms with Crippen LogP contribution in [-0.2, 0) is 11.3 Å². The van der Waals surface area contributed by atoms with Gasteiger partial charge >= 0.3 is 0 Å². The standard InChI is InChI=1S/C18H28N4O/c1-20(2)17(23)14-22-12-6-9-18(22)8-5-11-21(15-18)13-16-7-3-4-10-19-16/h3-4,7,10H,5-6,8-9,11-15H2,1-2H3. The number of hydrogen-bond acceptors (Lipinski definition) is 4. The quantitative estimate of drug-likeness (QED) is 0.846. The maximum atomic E-state index is 12.2. The van der Waals surface area contributed by atoms with Crippen molar-refractivity contribution in [3.63, 3.8) is 0 Å². The summed E-state index contributed by atoms with van der Waals surface area (Å²) in [5.41, 5.74) is 1.33. The first-order chi connectivity index (χ1) is 11.1. The molecule has 5 heteroatoms. The summed E-state index contributed by atoms with van der Waals surface area (Å²) < 4.78 is 0. The van der Waals surface area contributed by atoms with Crippen molar-refractivity contribution in [3.8, 4) is 0 Å². The molecule has 1 amide bonds. The number of carbonyl (C=O) groups excluding carboxylic acids is 1. The molecule has 1 unspecified atom stereocenters. The lowest BCUT2D eigenvalue weighted by molar-refractivity contribution is -0.131. The third-order valence-electron chi connectivity index (χ3n) is 5.31. The summed E-state index contributed by atoms with van der Waals surface area (Å²) >= 11 is 0. The van der Waals surface area contributed by atoms with E-state index in [1.165, 1.54) is 25.7 Å². The van der Waals surface area contributed by atoms with Gasteiger partial charge in [0, 0.05) is 38.9 Å². The molecular weight excluding hydrogens is 288 g/mol. The molecule has 0 N–H and O–H groups in total. The highest BCUT2D eigenvalue weighted by atomic mass is 16.2. The normalized spacial score (nSPS) is 25.8. The van der Waals surface area contributed by atoms with Crippen molar-refractivity contribution in [2.24, 2.45) is 0 Å². The van der Waals surface area contributed by atoms with Gasteiger partial charge in [0.15, 0.2) is 0 Å². The second kappa shape index (κ2) is 6.97. The minimum atomic E-state index is 0.193. The lowest BCUT2D eigenvalue weighted by atomic mass is 9.86. The van der Waals surface area contributed by atoms with Gasteiger partial charge in [-0.1, -0.05) is 6.07 Å². The van der Waals surface area contributed by atoms with E-state index in [1.54, 1.807) is 4.90 Å². The molecule has 126 valence electrons. The Bertz CT molecular complexity index is 533. The van der Waals surface area contributed by atoms with Gasteiger partial charge in [-0.2, -0.15) is 0 Å². The fraction of sp³-hybridized carbons (Fsp3) is 0.667. The molecule has 0 saturated carbocycles. The van der Waals surface area contributed by atoms with E-state index in [9.17, 15) is 4.79 Å². The Balaban J connectivity index is 1.67. The van der Waals surface area contributed by atoms with E-state index in [2.05, 4.69) is 26.9 Å². The van der Waals surface area contributed by atoms with Gasteiger partial charge in [0.2, 0.25) is 5.91 Å². The molecule has 0 aliphatic carbocycles. The van der Waals surface area contributed by atoms with Crippen LogP contribution in [0.5, 0.6) is 0 Å². The lowest BCUT2D eigenvalue weighted by Crippen LogP contribution is -2.57. The molecule has 1 spiro atoms. The molecule has 0 radical (unpaired) electrons. The van der Waals surface area contributed by atoms with Crippen LogP contribution >= 0.6 is 0 Å². The Kier molecular flexibility index (Phi) is 4.97. The molecule has 0 aromatic carbocycles.